The predicted molar refractivity (Wildman–Crippen MR) is 65.3 cm³/mol. The van der Waals surface area contributed by atoms with Crippen molar-refractivity contribution in [1.82, 2.24) is 0 Å². The third-order valence-corrected chi connectivity index (χ3v) is 2.93. The molecule has 90 valence electrons. The van der Waals surface area contributed by atoms with Gasteiger partial charge in [0.25, 0.3) is 0 Å². The van der Waals surface area contributed by atoms with Crippen LogP contribution in [0.4, 0.5) is 11.4 Å². The monoisotopic (exact) mass is 233 g/mol. The fraction of sp³-hybridized carbons (Fsp3) is 0.333. The minimum Gasteiger partial charge on any atom is -0.399 e. The number of carbonyl (C=O) groups is 2. The fourth-order valence-electron chi connectivity index (χ4n) is 1.90. The Morgan fingerprint density at radius 1 is 1.53 bits per heavy atom. The van der Waals surface area contributed by atoms with E-state index in [1.165, 1.54) is 4.90 Å². The molecule has 2 amide bonds. The number of amides is 2. The van der Waals surface area contributed by atoms with Gasteiger partial charge in [0.15, 0.2) is 0 Å². The van der Waals surface area contributed by atoms with Crippen LogP contribution in [0.15, 0.2) is 18.2 Å². The average Bonchev–Trinajstić information content (AvgIpc) is 2.62. The quantitative estimate of drug-likeness (QED) is 0.718. The summed E-state index contributed by atoms with van der Waals surface area (Å²) in [5, 5.41) is 0. The Balaban J connectivity index is 2.38. The van der Waals surface area contributed by atoms with Crippen molar-refractivity contribution in [2.24, 2.45) is 11.7 Å². The maximum Gasteiger partial charge on any atom is 0.238 e. The average molecular weight is 233 g/mol. The summed E-state index contributed by atoms with van der Waals surface area (Å²) in [4.78, 5) is 25.1. The maximum atomic E-state index is 12.0. The maximum absolute atomic E-state index is 12.0. The molecular formula is C12H15N3O2. The van der Waals surface area contributed by atoms with Gasteiger partial charge in [0.2, 0.25) is 11.8 Å². The smallest absolute Gasteiger partial charge is 0.238 e. The molecule has 0 aromatic heterocycles. The summed E-state index contributed by atoms with van der Waals surface area (Å²) in [7, 11) is 0. The van der Waals surface area contributed by atoms with Crippen molar-refractivity contribution in [2.75, 3.05) is 17.2 Å². The minimum absolute atomic E-state index is 0.212. The van der Waals surface area contributed by atoms with E-state index in [4.69, 9.17) is 11.5 Å². The molecular weight excluding hydrogens is 218 g/mol. The lowest BCUT2D eigenvalue weighted by atomic mass is 10.1. The first-order chi connectivity index (χ1) is 8.04. The molecule has 1 aromatic carbocycles. The van der Waals surface area contributed by atoms with Gasteiger partial charge < -0.3 is 11.5 Å². The van der Waals surface area contributed by atoms with Crippen LogP contribution < -0.4 is 16.4 Å². The first kappa shape index (κ1) is 11.6. The fourth-order valence-corrected chi connectivity index (χ4v) is 1.90. The lowest BCUT2D eigenvalue weighted by Crippen LogP contribution is -2.40. The van der Waals surface area contributed by atoms with Crippen molar-refractivity contribution in [3.63, 3.8) is 0 Å². The molecule has 1 aliphatic heterocycles. The molecule has 1 unspecified atom stereocenters. The molecule has 0 fully saturated rings. The highest BCUT2D eigenvalue weighted by molar-refractivity contribution is 6.19. The second kappa shape index (κ2) is 4.18. The summed E-state index contributed by atoms with van der Waals surface area (Å²) in [6.07, 6.45) is 0.226. The summed E-state index contributed by atoms with van der Waals surface area (Å²) in [5.74, 6) is -0.820. The topological polar surface area (TPSA) is 89.4 Å². The van der Waals surface area contributed by atoms with E-state index >= 15 is 0 Å². The highest BCUT2D eigenvalue weighted by Gasteiger charge is 2.34. The van der Waals surface area contributed by atoms with E-state index in [1.807, 2.05) is 0 Å². The van der Waals surface area contributed by atoms with Gasteiger partial charge in [-0.05, 0) is 23.8 Å². The van der Waals surface area contributed by atoms with Gasteiger partial charge in [-0.1, -0.05) is 6.92 Å². The number of carbonyl (C=O) groups excluding carboxylic acids is 2. The van der Waals surface area contributed by atoms with E-state index in [2.05, 4.69) is 0 Å². The molecule has 5 nitrogen and oxygen atoms in total. The van der Waals surface area contributed by atoms with Gasteiger partial charge in [0, 0.05) is 18.2 Å². The summed E-state index contributed by atoms with van der Waals surface area (Å²) in [5.41, 5.74) is 13.1. The Labute approximate surface area is 99.4 Å². The number of nitrogen functional groups attached to an aromatic ring is 1. The number of hydrogen-bond donors (Lipinski definition) is 2. The lowest BCUT2D eigenvalue weighted by molar-refractivity contribution is -0.127. The summed E-state index contributed by atoms with van der Waals surface area (Å²) in [6.45, 7) is 1.94. The third kappa shape index (κ3) is 1.89. The SMILES string of the molecule is CC(CN)C(=O)N1C(=O)Cc2cc(N)ccc21. The molecule has 0 aliphatic carbocycles. The molecule has 0 bridgehead atoms. The van der Waals surface area contributed by atoms with Crippen LogP contribution in [0.2, 0.25) is 0 Å². The zero-order valence-corrected chi connectivity index (χ0v) is 9.64. The molecule has 17 heavy (non-hydrogen) atoms. The zero-order valence-electron chi connectivity index (χ0n) is 9.64. The molecule has 2 rings (SSSR count). The van der Waals surface area contributed by atoms with Crippen LogP contribution in [-0.4, -0.2) is 18.4 Å². The number of anilines is 2. The highest BCUT2D eigenvalue weighted by Crippen LogP contribution is 2.31. The Morgan fingerprint density at radius 3 is 2.88 bits per heavy atom. The number of benzene rings is 1. The second-order valence-corrected chi connectivity index (χ2v) is 4.27. The van der Waals surface area contributed by atoms with Crippen LogP contribution in [0.1, 0.15) is 12.5 Å². The molecule has 1 atom stereocenters. The van der Waals surface area contributed by atoms with Crippen LogP contribution in [0.3, 0.4) is 0 Å². The van der Waals surface area contributed by atoms with E-state index in [0.29, 0.717) is 11.4 Å². The zero-order chi connectivity index (χ0) is 12.6. The molecule has 0 saturated heterocycles. The van der Waals surface area contributed by atoms with Gasteiger partial charge in [0.05, 0.1) is 12.1 Å². The summed E-state index contributed by atoms with van der Waals surface area (Å²) >= 11 is 0. The standard InChI is InChI=1S/C12H15N3O2/c1-7(6-13)12(17)15-10-3-2-9(14)4-8(10)5-11(15)16/h2-4,7H,5-6,13-14H2,1H3. The van der Waals surface area contributed by atoms with Crippen LogP contribution in [0, 0.1) is 5.92 Å². The molecule has 4 N–H and O–H groups in total. The number of hydrogen-bond acceptors (Lipinski definition) is 4. The molecule has 0 radical (unpaired) electrons. The number of imide groups is 1. The van der Waals surface area contributed by atoms with Crippen LogP contribution >= 0.6 is 0 Å². The lowest BCUT2D eigenvalue weighted by Gasteiger charge is -2.19. The van der Waals surface area contributed by atoms with Gasteiger partial charge in [-0.15, -0.1) is 0 Å². The van der Waals surface area contributed by atoms with Crippen molar-refractivity contribution in [2.45, 2.75) is 13.3 Å². The number of fused-ring (bicyclic) bond motifs is 1. The van der Waals surface area contributed by atoms with Crippen LogP contribution in [-0.2, 0) is 16.0 Å². The summed E-state index contributed by atoms with van der Waals surface area (Å²) < 4.78 is 0. The Hall–Kier alpha value is -1.88. The van der Waals surface area contributed by atoms with Crippen molar-refractivity contribution >= 4 is 23.2 Å². The Morgan fingerprint density at radius 2 is 2.24 bits per heavy atom. The van der Waals surface area contributed by atoms with Crippen LogP contribution in [0.5, 0.6) is 0 Å². The van der Waals surface area contributed by atoms with E-state index in [9.17, 15) is 9.59 Å². The van der Waals surface area contributed by atoms with Gasteiger partial charge in [-0.3, -0.25) is 9.59 Å². The van der Waals surface area contributed by atoms with Crippen molar-refractivity contribution < 1.29 is 9.59 Å². The molecule has 1 aliphatic rings. The van der Waals surface area contributed by atoms with Gasteiger partial charge >= 0.3 is 0 Å². The molecule has 5 heteroatoms. The van der Waals surface area contributed by atoms with Crippen molar-refractivity contribution in [3.8, 4) is 0 Å². The van der Waals surface area contributed by atoms with Gasteiger partial charge in [-0.2, -0.15) is 0 Å². The van der Waals surface area contributed by atoms with Crippen molar-refractivity contribution in [3.05, 3.63) is 23.8 Å². The van der Waals surface area contributed by atoms with Gasteiger partial charge in [-0.25, -0.2) is 4.90 Å². The number of nitrogens with two attached hydrogens (primary N) is 2. The molecule has 1 aromatic rings. The van der Waals surface area contributed by atoms with E-state index in [0.717, 1.165) is 5.56 Å². The third-order valence-electron chi connectivity index (χ3n) is 2.93. The first-order valence-electron chi connectivity index (χ1n) is 5.50. The van der Waals surface area contributed by atoms with Crippen LogP contribution in [0.25, 0.3) is 0 Å². The second-order valence-electron chi connectivity index (χ2n) is 4.27. The normalized spacial score (nSPS) is 15.9. The molecule has 0 saturated carbocycles. The van der Waals surface area contributed by atoms with E-state index in [1.54, 1.807) is 25.1 Å². The van der Waals surface area contributed by atoms with Crippen molar-refractivity contribution in [1.29, 1.82) is 0 Å². The highest BCUT2D eigenvalue weighted by atomic mass is 16.2. The summed E-state index contributed by atoms with van der Waals surface area (Å²) in [6, 6.07) is 5.12. The number of nitrogens with zero attached hydrogens (tertiary/aromatic N) is 1. The number of rotatable bonds is 2. The minimum atomic E-state index is -0.359. The molecule has 1 heterocycles. The van der Waals surface area contributed by atoms with E-state index in [-0.39, 0.29) is 30.7 Å². The Bertz CT molecular complexity index is 485. The predicted octanol–water partition coefficient (Wildman–Crippen LogP) is 0.279. The molecule has 0 spiro atoms. The largest absolute Gasteiger partial charge is 0.399 e. The Kier molecular flexibility index (Phi) is 2.85. The van der Waals surface area contributed by atoms with E-state index < -0.39 is 0 Å². The first-order valence-corrected chi connectivity index (χ1v) is 5.50. The van der Waals surface area contributed by atoms with Gasteiger partial charge in [0.1, 0.15) is 0 Å².